The Hall–Kier alpha value is -3.99. The zero-order chi connectivity index (χ0) is 30.2. The molecule has 0 aliphatic carbocycles. The van der Waals surface area contributed by atoms with Gasteiger partial charge in [-0.05, 0) is 67.3 Å². The predicted octanol–water partition coefficient (Wildman–Crippen LogP) is 5.38. The predicted molar refractivity (Wildman–Crippen MR) is 151 cm³/mol. The van der Waals surface area contributed by atoms with Gasteiger partial charge in [-0.3, -0.25) is 9.59 Å². The van der Waals surface area contributed by atoms with Crippen molar-refractivity contribution >= 4 is 11.8 Å². The molecule has 3 N–H and O–H groups in total. The van der Waals surface area contributed by atoms with Gasteiger partial charge in [-0.2, -0.15) is 10.2 Å². The number of amides is 2. The fourth-order valence-electron chi connectivity index (χ4n) is 5.62. The number of primary amides is 1. The van der Waals surface area contributed by atoms with E-state index in [1.807, 2.05) is 32.9 Å². The van der Waals surface area contributed by atoms with Gasteiger partial charge < -0.3 is 20.7 Å². The Morgan fingerprint density at radius 1 is 1.19 bits per heavy atom. The smallest absolute Gasteiger partial charge is 0.267 e. The van der Waals surface area contributed by atoms with Crippen LogP contribution < -0.4 is 15.8 Å². The number of halogens is 3. The minimum Gasteiger partial charge on any atom is -0.457 e. The minimum atomic E-state index is -3.31. The summed E-state index contributed by atoms with van der Waals surface area (Å²) in [7, 11) is 0. The third kappa shape index (κ3) is 5.97. The number of piperidine rings is 1. The van der Waals surface area contributed by atoms with E-state index in [9.17, 15) is 9.59 Å². The van der Waals surface area contributed by atoms with Crippen molar-refractivity contribution in [3.05, 3.63) is 70.7 Å². The summed E-state index contributed by atoms with van der Waals surface area (Å²) in [5, 5.41) is 11.2. The number of benzene rings is 2. The van der Waals surface area contributed by atoms with E-state index >= 15 is 13.2 Å². The van der Waals surface area contributed by atoms with E-state index in [2.05, 4.69) is 15.5 Å². The van der Waals surface area contributed by atoms with Crippen LogP contribution in [0.3, 0.4) is 0 Å². The van der Waals surface area contributed by atoms with Crippen molar-refractivity contribution in [3.8, 4) is 22.8 Å². The highest BCUT2D eigenvalue weighted by Gasteiger charge is 2.46. The highest BCUT2D eigenvalue weighted by atomic mass is 19.3. The molecule has 2 atom stereocenters. The molecule has 0 radical (unpaired) electrons. The van der Waals surface area contributed by atoms with Crippen molar-refractivity contribution < 1.29 is 27.5 Å². The minimum absolute atomic E-state index is 0.00397. The lowest BCUT2D eigenvalue weighted by molar-refractivity contribution is -0.128. The monoisotopic (exact) mass is 581 g/mol. The van der Waals surface area contributed by atoms with Gasteiger partial charge in [0, 0.05) is 36.2 Å². The number of carbonyl (C=O) groups excluding carboxylic acids is 2. The Balaban J connectivity index is 1.57. The summed E-state index contributed by atoms with van der Waals surface area (Å²) < 4.78 is 52.6. The zero-order valence-electron chi connectivity index (χ0n) is 23.8. The molecule has 0 bridgehead atoms. The van der Waals surface area contributed by atoms with E-state index in [-0.39, 0.29) is 54.1 Å². The Labute approximate surface area is 242 Å². The van der Waals surface area contributed by atoms with Crippen LogP contribution in [-0.4, -0.2) is 52.5 Å². The number of nitrogens with zero attached hydrogens (tertiary/aromatic N) is 3. The first kappa shape index (κ1) is 29.5. The average Bonchev–Trinajstić information content (AvgIpc) is 3.27. The summed E-state index contributed by atoms with van der Waals surface area (Å²) in [6.07, 6.45) is 0.230. The van der Waals surface area contributed by atoms with Crippen molar-refractivity contribution in [2.24, 2.45) is 11.7 Å². The maximum atomic E-state index is 16.0. The lowest BCUT2D eigenvalue weighted by atomic mass is 9.82. The van der Waals surface area contributed by atoms with Crippen molar-refractivity contribution in [2.45, 2.75) is 57.9 Å². The second-order valence-electron chi connectivity index (χ2n) is 11.5. The molecular formula is C31H34F3N5O3. The highest BCUT2D eigenvalue weighted by molar-refractivity contribution is 5.94. The normalized spacial score (nSPS) is 20.3. The third-order valence-corrected chi connectivity index (χ3v) is 7.88. The van der Waals surface area contributed by atoms with E-state index in [0.717, 1.165) is 17.3 Å². The number of rotatable bonds is 8. The van der Waals surface area contributed by atoms with Crippen molar-refractivity contribution in [1.29, 1.82) is 0 Å². The van der Waals surface area contributed by atoms with Crippen molar-refractivity contribution in [2.75, 3.05) is 19.6 Å². The largest absolute Gasteiger partial charge is 0.457 e. The summed E-state index contributed by atoms with van der Waals surface area (Å²) in [5.41, 5.74) is 7.02. The van der Waals surface area contributed by atoms with Crippen LogP contribution in [0.4, 0.5) is 13.2 Å². The molecule has 3 aromatic rings. The summed E-state index contributed by atoms with van der Waals surface area (Å²) >= 11 is 0. The van der Waals surface area contributed by atoms with E-state index < -0.39 is 35.7 Å². The molecule has 11 heteroatoms. The standard InChI is InChI=1S/C31H34F3N5O3/c1-17(2)24-8-9-25(38-37-24)19-4-6-20(7-5-19)42-26-13-21(30(35)41)29(32)28(23-10-11-36-16-31(23,33)34)22(26)15-39-14-18(3)12-27(39)40/h4-9,13,17-18,23,36H,10-12,14-16H2,1-3H3,(H2,35,41). The number of likely N-dealkylation sites (tertiary alicyclic amines) is 1. The van der Waals surface area contributed by atoms with Crippen LogP contribution in [0, 0.1) is 11.7 Å². The van der Waals surface area contributed by atoms with Gasteiger partial charge >= 0.3 is 0 Å². The second-order valence-corrected chi connectivity index (χ2v) is 11.5. The number of hydrogen-bond acceptors (Lipinski definition) is 6. The third-order valence-electron chi connectivity index (χ3n) is 7.88. The Kier molecular flexibility index (Phi) is 8.23. The molecule has 2 unspecified atom stereocenters. The van der Waals surface area contributed by atoms with Crippen LogP contribution >= 0.6 is 0 Å². The second kappa shape index (κ2) is 11.7. The molecule has 2 aliphatic rings. The molecule has 2 saturated heterocycles. The van der Waals surface area contributed by atoms with Crippen LogP contribution in [0.5, 0.6) is 11.5 Å². The highest BCUT2D eigenvalue weighted by Crippen LogP contribution is 2.45. The molecule has 5 rings (SSSR count). The van der Waals surface area contributed by atoms with Crippen LogP contribution in [-0.2, 0) is 11.3 Å². The molecule has 1 aromatic heterocycles. The summed E-state index contributed by atoms with van der Waals surface area (Å²) in [5.74, 6) is -6.60. The first-order chi connectivity index (χ1) is 19.9. The summed E-state index contributed by atoms with van der Waals surface area (Å²) in [4.78, 5) is 26.5. The van der Waals surface area contributed by atoms with Crippen molar-refractivity contribution in [3.63, 3.8) is 0 Å². The fourth-order valence-corrected chi connectivity index (χ4v) is 5.62. The number of carbonyl (C=O) groups is 2. The lowest BCUT2D eigenvalue weighted by Gasteiger charge is -2.35. The van der Waals surface area contributed by atoms with Gasteiger partial charge in [0.15, 0.2) is 0 Å². The van der Waals surface area contributed by atoms with Gasteiger partial charge in [0.05, 0.1) is 29.4 Å². The molecule has 2 amide bonds. The van der Waals surface area contributed by atoms with Gasteiger partial charge in [0.2, 0.25) is 5.91 Å². The maximum Gasteiger partial charge on any atom is 0.267 e. The van der Waals surface area contributed by atoms with Gasteiger partial charge in [0.1, 0.15) is 17.3 Å². The van der Waals surface area contributed by atoms with Crippen LogP contribution in [0.1, 0.15) is 72.6 Å². The van der Waals surface area contributed by atoms with Gasteiger partial charge in [-0.25, -0.2) is 13.2 Å². The molecule has 8 nitrogen and oxygen atoms in total. The lowest BCUT2D eigenvalue weighted by Crippen LogP contribution is -2.45. The SMILES string of the molecule is CC1CC(=O)N(Cc2c(Oc3ccc(-c4ccc(C(C)C)nn4)cc3)cc(C(N)=O)c(F)c2C2CCNCC2(F)F)C1. The maximum absolute atomic E-state index is 16.0. The van der Waals surface area contributed by atoms with E-state index in [4.69, 9.17) is 10.5 Å². The molecule has 42 heavy (non-hydrogen) atoms. The first-order valence-electron chi connectivity index (χ1n) is 14.1. The molecule has 3 heterocycles. The van der Waals surface area contributed by atoms with Gasteiger partial charge in [-0.1, -0.05) is 20.8 Å². The number of aromatic nitrogens is 2. The first-order valence-corrected chi connectivity index (χ1v) is 14.1. The van der Waals surface area contributed by atoms with E-state index in [0.29, 0.717) is 24.4 Å². The van der Waals surface area contributed by atoms with E-state index in [1.54, 1.807) is 24.3 Å². The van der Waals surface area contributed by atoms with Gasteiger partial charge in [-0.15, -0.1) is 0 Å². The molecule has 0 spiro atoms. The average molecular weight is 582 g/mol. The number of nitrogens with one attached hydrogen (secondary N) is 1. The molecule has 0 saturated carbocycles. The van der Waals surface area contributed by atoms with Crippen LogP contribution in [0.15, 0.2) is 42.5 Å². The van der Waals surface area contributed by atoms with Crippen molar-refractivity contribution in [1.82, 2.24) is 20.4 Å². The summed E-state index contributed by atoms with van der Waals surface area (Å²) in [6.45, 7) is 5.82. The molecule has 2 fully saturated rings. The molecular weight excluding hydrogens is 547 g/mol. The number of hydrogen-bond donors (Lipinski definition) is 2. The fraction of sp³-hybridized carbons (Fsp3) is 0.419. The molecule has 2 aromatic carbocycles. The Bertz CT molecular complexity index is 1480. The zero-order valence-corrected chi connectivity index (χ0v) is 23.8. The van der Waals surface area contributed by atoms with Gasteiger partial charge in [0.25, 0.3) is 11.8 Å². The van der Waals surface area contributed by atoms with Crippen LogP contribution in [0.2, 0.25) is 0 Å². The Morgan fingerprint density at radius 3 is 2.50 bits per heavy atom. The Morgan fingerprint density at radius 2 is 1.93 bits per heavy atom. The molecule has 2 aliphatic heterocycles. The van der Waals surface area contributed by atoms with Crippen LogP contribution in [0.25, 0.3) is 11.3 Å². The number of ether oxygens (including phenoxy) is 1. The molecule has 222 valence electrons. The quantitative estimate of drug-likeness (QED) is 0.370. The summed E-state index contributed by atoms with van der Waals surface area (Å²) in [6, 6.07) is 11.8. The number of nitrogens with two attached hydrogens (primary N) is 1. The topological polar surface area (TPSA) is 110 Å². The van der Waals surface area contributed by atoms with E-state index in [1.165, 1.54) is 4.90 Å². The number of alkyl halides is 2.